The first-order valence-corrected chi connectivity index (χ1v) is 8.35. The van der Waals surface area contributed by atoms with E-state index in [2.05, 4.69) is 10.2 Å². The Balaban J connectivity index is 1.44. The van der Waals surface area contributed by atoms with Gasteiger partial charge in [0.15, 0.2) is 0 Å². The van der Waals surface area contributed by atoms with Gasteiger partial charge in [-0.05, 0) is 56.4 Å². The number of nitrogens with one attached hydrogen (secondary N) is 1. The molecule has 3 atom stereocenters. The molecule has 0 aromatic heterocycles. The molecule has 0 amide bonds. The Morgan fingerprint density at radius 3 is 2.50 bits per heavy atom. The van der Waals surface area contributed by atoms with Gasteiger partial charge in [0.05, 0.1) is 0 Å². The predicted molar refractivity (Wildman–Crippen MR) is 74.6 cm³/mol. The van der Waals surface area contributed by atoms with Gasteiger partial charge < -0.3 is 5.32 Å². The van der Waals surface area contributed by atoms with E-state index < -0.39 is 0 Å². The van der Waals surface area contributed by atoms with Crippen molar-refractivity contribution in [2.75, 3.05) is 19.6 Å². The Hall–Kier alpha value is -0.0800. The molecule has 2 aliphatic heterocycles. The van der Waals surface area contributed by atoms with E-state index in [9.17, 15) is 0 Å². The van der Waals surface area contributed by atoms with Crippen LogP contribution in [-0.4, -0.2) is 36.6 Å². The lowest BCUT2D eigenvalue weighted by molar-refractivity contribution is -0.0448. The highest BCUT2D eigenvalue weighted by atomic mass is 15.2. The van der Waals surface area contributed by atoms with Gasteiger partial charge in [-0.1, -0.05) is 19.3 Å². The Bertz CT molecular complexity index is 294. The van der Waals surface area contributed by atoms with Crippen molar-refractivity contribution in [1.29, 1.82) is 0 Å². The number of hydrogen-bond acceptors (Lipinski definition) is 2. The monoisotopic (exact) mass is 248 g/mol. The van der Waals surface area contributed by atoms with E-state index in [4.69, 9.17) is 0 Å². The zero-order chi connectivity index (χ0) is 12.0. The molecule has 0 aromatic carbocycles. The maximum absolute atomic E-state index is 3.76. The molecule has 2 heterocycles. The highest BCUT2D eigenvalue weighted by molar-refractivity contribution is 5.06. The largest absolute Gasteiger partial charge is 0.312 e. The fraction of sp³-hybridized carbons (Fsp3) is 1.00. The molecular formula is C16H28N2. The first-order chi connectivity index (χ1) is 8.87. The molecule has 0 bridgehead atoms. The molecule has 2 saturated carbocycles. The molecule has 0 radical (unpaired) electrons. The minimum absolute atomic E-state index is 0.770. The number of hydrogen-bond donors (Lipinski definition) is 1. The number of fused-ring (bicyclic) bond motifs is 1. The molecule has 1 spiro atoms. The molecule has 0 aromatic rings. The summed E-state index contributed by atoms with van der Waals surface area (Å²) in [6.45, 7) is 4.03. The van der Waals surface area contributed by atoms with E-state index in [1.165, 1.54) is 77.4 Å². The standard InChI is InChI=1S/C16H28N2/c1-2-7-16(8-3-1)9-6-15(16)18-11-13-5-4-10-17-14(13)12-18/h13-15,17H,1-12H2. The Morgan fingerprint density at radius 2 is 1.78 bits per heavy atom. The van der Waals surface area contributed by atoms with Gasteiger partial charge in [-0.15, -0.1) is 0 Å². The molecule has 2 saturated heterocycles. The van der Waals surface area contributed by atoms with Gasteiger partial charge in [-0.25, -0.2) is 0 Å². The first kappa shape index (κ1) is 11.7. The molecule has 18 heavy (non-hydrogen) atoms. The summed E-state index contributed by atoms with van der Waals surface area (Å²) in [5.74, 6) is 0.972. The summed E-state index contributed by atoms with van der Waals surface area (Å²) in [6.07, 6.45) is 13.5. The lowest BCUT2D eigenvalue weighted by Gasteiger charge is -2.56. The fourth-order valence-corrected chi connectivity index (χ4v) is 5.43. The van der Waals surface area contributed by atoms with Crippen LogP contribution in [0.3, 0.4) is 0 Å². The van der Waals surface area contributed by atoms with Gasteiger partial charge in [0.1, 0.15) is 0 Å². The Kier molecular flexibility index (Phi) is 2.92. The summed E-state index contributed by atoms with van der Waals surface area (Å²) in [5, 5.41) is 3.76. The molecule has 4 fully saturated rings. The predicted octanol–water partition coefficient (Wildman–Crippen LogP) is 2.78. The maximum Gasteiger partial charge on any atom is 0.0235 e. The normalized spacial score (nSPS) is 43.7. The van der Waals surface area contributed by atoms with Gasteiger partial charge in [-0.2, -0.15) is 0 Å². The second-order valence-corrected chi connectivity index (χ2v) is 7.39. The van der Waals surface area contributed by atoms with Crippen molar-refractivity contribution in [1.82, 2.24) is 10.2 Å². The highest BCUT2D eigenvalue weighted by Crippen LogP contribution is 2.54. The summed E-state index contributed by atoms with van der Waals surface area (Å²) >= 11 is 0. The summed E-state index contributed by atoms with van der Waals surface area (Å²) in [4.78, 5) is 2.89. The second-order valence-electron chi connectivity index (χ2n) is 7.39. The molecule has 4 aliphatic rings. The first-order valence-electron chi connectivity index (χ1n) is 8.35. The van der Waals surface area contributed by atoms with Crippen LogP contribution in [0.5, 0.6) is 0 Å². The van der Waals surface area contributed by atoms with Crippen LogP contribution in [0, 0.1) is 11.3 Å². The Morgan fingerprint density at radius 1 is 0.889 bits per heavy atom. The van der Waals surface area contributed by atoms with Crippen LogP contribution in [0.2, 0.25) is 0 Å². The molecule has 2 heteroatoms. The second kappa shape index (κ2) is 4.49. The minimum atomic E-state index is 0.770. The van der Waals surface area contributed by atoms with Crippen molar-refractivity contribution in [2.45, 2.75) is 69.9 Å². The highest BCUT2D eigenvalue weighted by Gasteiger charge is 2.51. The van der Waals surface area contributed by atoms with Crippen LogP contribution in [0.4, 0.5) is 0 Å². The quantitative estimate of drug-likeness (QED) is 0.767. The van der Waals surface area contributed by atoms with Crippen molar-refractivity contribution >= 4 is 0 Å². The van der Waals surface area contributed by atoms with E-state index in [0.717, 1.165) is 23.4 Å². The minimum Gasteiger partial charge on any atom is -0.312 e. The smallest absolute Gasteiger partial charge is 0.0235 e. The van der Waals surface area contributed by atoms with Crippen molar-refractivity contribution in [2.24, 2.45) is 11.3 Å². The van der Waals surface area contributed by atoms with Crippen molar-refractivity contribution in [3.8, 4) is 0 Å². The summed E-state index contributed by atoms with van der Waals surface area (Å²) in [5.41, 5.74) is 0.770. The van der Waals surface area contributed by atoms with Gasteiger partial charge in [0, 0.05) is 25.2 Å². The lowest BCUT2D eigenvalue weighted by atomic mass is 9.57. The molecular weight excluding hydrogens is 220 g/mol. The maximum atomic E-state index is 3.76. The van der Waals surface area contributed by atoms with E-state index in [0.29, 0.717) is 0 Å². The van der Waals surface area contributed by atoms with Crippen molar-refractivity contribution in [3.05, 3.63) is 0 Å². The third kappa shape index (κ3) is 1.76. The number of nitrogens with zero attached hydrogens (tertiary/aromatic N) is 1. The van der Waals surface area contributed by atoms with Crippen LogP contribution >= 0.6 is 0 Å². The molecule has 1 N–H and O–H groups in total. The SMILES string of the molecule is C1CCC2(CC1)CCC2N1CC2CCCNC2C1. The van der Waals surface area contributed by atoms with Crippen molar-refractivity contribution in [3.63, 3.8) is 0 Å². The molecule has 4 rings (SSSR count). The molecule has 2 aliphatic carbocycles. The summed E-state index contributed by atoms with van der Waals surface area (Å²) in [6, 6.07) is 1.80. The lowest BCUT2D eigenvalue weighted by Crippen LogP contribution is -2.55. The average molecular weight is 248 g/mol. The van der Waals surface area contributed by atoms with Crippen LogP contribution in [0.15, 0.2) is 0 Å². The molecule has 2 nitrogen and oxygen atoms in total. The van der Waals surface area contributed by atoms with E-state index in [1.54, 1.807) is 0 Å². The van der Waals surface area contributed by atoms with E-state index in [-0.39, 0.29) is 0 Å². The summed E-state index contributed by atoms with van der Waals surface area (Å²) < 4.78 is 0. The Labute approximate surface area is 111 Å². The zero-order valence-corrected chi connectivity index (χ0v) is 11.7. The van der Waals surface area contributed by atoms with Crippen molar-refractivity contribution < 1.29 is 0 Å². The van der Waals surface area contributed by atoms with E-state index in [1.807, 2.05) is 0 Å². The van der Waals surface area contributed by atoms with Gasteiger partial charge in [0.25, 0.3) is 0 Å². The third-order valence-corrected chi connectivity index (χ3v) is 6.54. The van der Waals surface area contributed by atoms with Gasteiger partial charge in [0.2, 0.25) is 0 Å². The van der Waals surface area contributed by atoms with Gasteiger partial charge in [-0.3, -0.25) is 4.90 Å². The molecule has 3 unspecified atom stereocenters. The van der Waals surface area contributed by atoms with Crippen LogP contribution < -0.4 is 5.32 Å². The molecule has 102 valence electrons. The summed E-state index contributed by atoms with van der Waals surface area (Å²) in [7, 11) is 0. The van der Waals surface area contributed by atoms with E-state index >= 15 is 0 Å². The van der Waals surface area contributed by atoms with Gasteiger partial charge >= 0.3 is 0 Å². The van der Waals surface area contributed by atoms with Crippen LogP contribution in [-0.2, 0) is 0 Å². The third-order valence-electron chi connectivity index (χ3n) is 6.54. The van der Waals surface area contributed by atoms with Crippen LogP contribution in [0.1, 0.15) is 57.8 Å². The number of likely N-dealkylation sites (tertiary alicyclic amines) is 1. The van der Waals surface area contributed by atoms with Crippen LogP contribution in [0.25, 0.3) is 0 Å². The number of rotatable bonds is 1. The zero-order valence-electron chi connectivity index (χ0n) is 11.7. The fourth-order valence-electron chi connectivity index (χ4n) is 5.43. The number of piperidine rings is 1. The average Bonchev–Trinajstić information content (AvgIpc) is 2.81. The topological polar surface area (TPSA) is 15.3 Å².